The summed E-state index contributed by atoms with van der Waals surface area (Å²) in [5.41, 5.74) is 2.96. The van der Waals surface area contributed by atoms with Gasteiger partial charge in [0.1, 0.15) is 17.4 Å². The summed E-state index contributed by atoms with van der Waals surface area (Å²) in [4.78, 5) is 22.3. The molecule has 2 aromatic heterocycles. The van der Waals surface area contributed by atoms with Gasteiger partial charge in [0.2, 0.25) is 0 Å². The van der Waals surface area contributed by atoms with Crippen molar-refractivity contribution in [3.05, 3.63) is 47.2 Å². The smallest absolute Gasteiger partial charge is 0.196 e. The molecule has 1 aliphatic rings. The third kappa shape index (κ3) is 4.76. The van der Waals surface area contributed by atoms with E-state index in [0.717, 1.165) is 40.4 Å². The lowest BCUT2D eigenvalue weighted by molar-refractivity contribution is -0.119. The van der Waals surface area contributed by atoms with Crippen LogP contribution < -0.4 is 10.6 Å². The molecule has 29 heavy (non-hydrogen) atoms. The van der Waals surface area contributed by atoms with Crippen molar-refractivity contribution in [2.45, 2.75) is 43.2 Å². The Morgan fingerprint density at radius 2 is 1.90 bits per heavy atom. The third-order valence-electron chi connectivity index (χ3n) is 4.86. The summed E-state index contributed by atoms with van der Waals surface area (Å²) >= 11 is 1.49. The molecule has 2 heterocycles. The topological polar surface area (TPSA) is 95.6 Å². The fourth-order valence-electron chi connectivity index (χ4n) is 3.04. The number of hydrogen-bond donors (Lipinski definition) is 3. The third-order valence-corrected chi connectivity index (χ3v) is 5.73. The number of hydrogen-bond acceptors (Lipinski definition) is 7. The van der Waals surface area contributed by atoms with E-state index in [1.165, 1.54) is 11.8 Å². The van der Waals surface area contributed by atoms with Crippen LogP contribution in [0.2, 0.25) is 0 Å². The number of aryl methyl sites for hydroxylation is 1. The quantitative estimate of drug-likeness (QED) is 0.479. The highest BCUT2D eigenvalue weighted by atomic mass is 32.2. The van der Waals surface area contributed by atoms with Gasteiger partial charge in [0.05, 0.1) is 0 Å². The number of H-pyrrole nitrogens is 1. The van der Waals surface area contributed by atoms with Crippen LogP contribution >= 0.6 is 11.8 Å². The zero-order chi connectivity index (χ0) is 20.4. The minimum absolute atomic E-state index is 0.300. The highest BCUT2D eigenvalue weighted by Gasteiger charge is 2.29. The van der Waals surface area contributed by atoms with Crippen molar-refractivity contribution < 1.29 is 4.79 Å². The SMILES string of the molecule is CNc1nc(Sc2ccc(CC(=O)C3CC3)cc2)nc(Nc2cc(C)[nH]n2)c1C. The molecule has 1 fully saturated rings. The van der Waals surface area contributed by atoms with Gasteiger partial charge in [-0.2, -0.15) is 5.10 Å². The Morgan fingerprint density at radius 3 is 2.52 bits per heavy atom. The predicted molar refractivity (Wildman–Crippen MR) is 115 cm³/mol. The maximum atomic E-state index is 12.0. The van der Waals surface area contributed by atoms with Crippen molar-refractivity contribution >= 4 is 35.0 Å². The number of Topliss-reactive ketones (excluding diaryl/α,β-unsaturated/α-hetero) is 1. The second kappa shape index (κ2) is 8.24. The minimum atomic E-state index is 0.300. The maximum Gasteiger partial charge on any atom is 0.196 e. The number of rotatable bonds is 8. The number of anilines is 3. The molecule has 1 aliphatic carbocycles. The molecule has 0 atom stereocenters. The van der Waals surface area contributed by atoms with Gasteiger partial charge in [-0.25, -0.2) is 9.97 Å². The van der Waals surface area contributed by atoms with Crippen molar-refractivity contribution in [2.75, 3.05) is 17.7 Å². The van der Waals surface area contributed by atoms with E-state index in [2.05, 4.69) is 30.8 Å². The first-order valence-corrected chi connectivity index (χ1v) is 10.5. The van der Waals surface area contributed by atoms with E-state index in [9.17, 15) is 4.79 Å². The molecule has 4 rings (SSSR count). The van der Waals surface area contributed by atoms with Crippen LogP contribution in [0.4, 0.5) is 17.5 Å². The first-order valence-electron chi connectivity index (χ1n) is 9.67. The van der Waals surface area contributed by atoms with E-state index in [0.29, 0.717) is 34.9 Å². The second-order valence-corrected chi connectivity index (χ2v) is 8.34. The maximum absolute atomic E-state index is 12.0. The molecule has 0 saturated heterocycles. The molecule has 0 unspecified atom stereocenters. The number of carbonyl (C=O) groups is 1. The van der Waals surface area contributed by atoms with Gasteiger partial charge < -0.3 is 10.6 Å². The lowest BCUT2D eigenvalue weighted by atomic mass is 10.1. The Kier molecular flexibility index (Phi) is 5.53. The van der Waals surface area contributed by atoms with E-state index in [4.69, 9.17) is 0 Å². The first kappa shape index (κ1) is 19.4. The molecular weight excluding hydrogens is 384 g/mol. The molecule has 0 spiro atoms. The molecule has 150 valence electrons. The summed E-state index contributed by atoms with van der Waals surface area (Å²) in [6, 6.07) is 10.00. The zero-order valence-electron chi connectivity index (χ0n) is 16.7. The van der Waals surface area contributed by atoms with E-state index in [1.54, 1.807) is 0 Å². The fourth-order valence-corrected chi connectivity index (χ4v) is 3.80. The normalized spacial score (nSPS) is 13.3. The van der Waals surface area contributed by atoms with Crippen molar-refractivity contribution in [2.24, 2.45) is 5.92 Å². The molecule has 7 nitrogen and oxygen atoms in total. The minimum Gasteiger partial charge on any atom is -0.373 e. The van der Waals surface area contributed by atoms with Gasteiger partial charge in [0, 0.05) is 41.6 Å². The number of nitrogens with one attached hydrogen (secondary N) is 3. The summed E-state index contributed by atoms with van der Waals surface area (Å²) < 4.78 is 0. The number of nitrogens with zero attached hydrogens (tertiary/aromatic N) is 3. The van der Waals surface area contributed by atoms with Crippen LogP contribution in [0.3, 0.4) is 0 Å². The Balaban J connectivity index is 1.51. The summed E-state index contributed by atoms with van der Waals surface area (Å²) in [7, 11) is 1.85. The van der Waals surface area contributed by atoms with Gasteiger partial charge in [-0.3, -0.25) is 9.89 Å². The van der Waals surface area contributed by atoms with E-state index >= 15 is 0 Å². The Hall–Kier alpha value is -2.87. The van der Waals surface area contributed by atoms with Crippen molar-refractivity contribution in [1.29, 1.82) is 0 Å². The van der Waals surface area contributed by atoms with E-state index in [-0.39, 0.29) is 0 Å². The molecular formula is C21H24N6OS. The number of aromatic amines is 1. The van der Waals surface area contributed by atoms with Crippen LogP contribution in [-0.2, 0) is 11.2 Å². The Morgan fingerprint density at radius 1 is 1.17 bits per heavy atom. The average Bonchev–Trinajstić information content (AvgIpc) is 3.48. The zero-order valence-corrected chi connectivity index (χ0v) is 17.6. The monoisotopic (exact) mass is 408 g/mol. The standard InChI is InChI=1S/C21H24N6OS/c1-12-10-18(27-26-12)23-20-13(2)19(22-3)24-21(25-20)29-16-8-4-14(5-9-16)11-17(28)15-6-7-15/h4-5,8-10,15H,6-7,11H2,1-3H3,(H3,22,23,24,25,26,27). The van der Waals surface area contributed by atoms with Gasteiger partial charge in [-0.15, -0.1) is 0 Å². The summed E-state index contributed by atoms with van der Waals surface area (Å²) in [6.07, 6.45) is 2.64. The van der Waals surface area contributed by atoms with Crippen molar-refractivity contribution in [3.8, 4) is 0 Å². The molecule has 0 radical (unpaired) electrons. The van der Waals surface area contributed by atoms with Crippen LogP contribution in [0, 0.1) is 19.8 Å². The highest BCUT2D eigenvalue weighted by molar-refractivity contribution is 7.99. The van der Waals surface area contributed by atoms with Gasteiger partial charge in [-0.05, 0) is 56.1 Å². The van der Waals surface area contributed by atoms with E-state index in [1.807, 2.05) is 51.2 Å². The van der Waals surface area contributed by atoms with Crippen LogP contribution in [0.1, 0.15) is 29.7 Å². The van der Waals surface area contributed by atoms with Crippen molar-refractivity contribution in [1.82, 2.24) is 20.2 Å². The predicted octanol–water partition coefficient (Wildman–Crippen LogP) is 4.27. The van der Waals surface area contributed by atoms with Gasteiger partial charge in [0.15, 0.2) is 11.0 Å². The summed E-state index contributed by atoms with van der Waals surface area (Å²) in [5.74, 6) is 2.85. The van der Waals surface area contributed by atoms with Crippen LogP contribution in [-0.4, -0.2) is 33.0 Å². The molecule has 3 N–H and O–H groups in total. The van der Waals surface area contributed by atoms with Crippen molar-refractivity contribution in [3.63, 3.8) is 0 Å². The van der Waals surface area contributed by atoms with Crippen LogP contribution in [0.25, 0.3) is 0 Å². The van der Waals surface area contributed by atoms with Gasteiger partial charge >= 0.3 is 0 Å². The molecule has 3 aromatic rings. The largest absolute Gasteiger partial charge is 0.373 e. The number of ketones is 1. The Labute approximate surface area is 174 Å². The lowest BCUT2D eigenvalue weighted by Crippen LogP contribution is -2.05. The molecule has 0 aliphatic heterocycles. The Bertz CT molecular complexity index is 1030. The summed E-state index contributed by atoms with van der Waals surface area (Å²) in [6.45, 7) is 3.92. The number of benzene rings is 1. The summed E-state index contributed by atoms with van der Waals surface area (Å²) in [5, 5.41) is 14.2. The molecule has 1 saturated carbocycles. The molecule has 0 bridgehead atoms. The van der Waals surface area contributed by atoms with E-state index < -0.39 is 0 Å². The molecule has 1 aromatic carbocycles. The number of aromatic nitrogens is 4. The fraction of sp³-hybridized carbons (Fsp3) is 0.333. The van der Waals surface area contributed by atoms with Gasteiger partial charge in [-0.1, -0.05) is 12.1 Å². The number of carbonyl (C=O) groups excluding carboxylic acids is 1. The first-order chi connectivity index (χ1) is 14.0. The molecule has 8 heteroatoms. The van der Waals surface area contributed by atoms with Crippen LogP contribution in [0.15, 0.2) is 40.4 Å². The molecule has 0 amide bonds. The lowest BCUT2D eigenvalue weighted by Gasteiger charge is -2.12. The highest BCUT2D eigenvalue weighted by Crippen LogP contribution is 2.32. The average molecular weight is 409 g/mol. The van der Waals surface area contributed by atoms with Gasteiger partial charge in [0.25, 0.3) is 0 Å². The second-order valence-electron chi connectivity index (χ2n) is 7.30. The van der Waals surface area contributed by atoms with Crippen LogP contribution in [0.5, 0.6) is 0 Å².